The number of amides is 1. The lowest BCUT2D eigenvalue weighted by atomic mass is 10.0. The zero-order valence-electron chi connectivity index (χ0n) is 14.2. The Hall–Kier alpha value is -2.05. The van der Waals surface area contributed by atoms with E-state index in [1.807, 2.05) is 31.7 Å². The van der Waals surface area contributed by atoms with E-state index in [9.17, 15) is 4.79 Å². The van der Waals surface area contributed by atoms with Crippen LogP contribution in [0.3, 0.4) is 0 Å². The van der Waals surface area contributed by atoms with Gasteiger partial charge in [0.05, 0.1) is 6.54 Å². The molecule has 0 aromatic carbocycles. The first kappa shape index (κ1) is 17.3. The van der Waals surface area contributed by atoms with Crippen molar-refractivity contribution in [3.05, 3.63) is 18.0 Å². The lowest BCUT2D eigenvalue weighted by molar-refractivity contribution is -0.135. The standard InChI is InChI=1S/C16H27N5O2/c1-4-17-16(18-11-14-7-10-23-20-14)19-13-5-8-21(9-6-13)15(22)12(2)3/h7,10,12-13H,4-6,8-9,11H2,1-3H3,(H2,17,18,19). The Balaban J connectivity index is 1.84. The van der Waals surface area contributed by atoms with Crippen LogP contribution in [-0.4, -0.2) is 47.6 Å². The van der Waals surface area contributed by atoms with Gasteiger partial charge in [0.2, 0.25) is 5.91 Å². The Kier molecular flexibility index (Phi) is 6.43. The smallest absolute Gasteiger partial charge is 0.225 e. The first-order valence-corrected chi connectivity index (χ1v) is 8.33. The van der Waals surface area contributed by atoms with Gasteiger partial charge in [0.25, 0.3) is 0 Å². The first-order valence-electron chi connectivity index (χ1n) is 8.33. The zero-order valence-corrected chi connectivity index (χ0v) is 14.2. The monoisotopic (exact) mass is 321 g/mol. The second kappa shape index (κ2) is 8.55. The number of aromatic nitrogens is 1. The van der Waals surface area contributed by atoms with Crippen molar-refractivity contribution in [3.63, 3.8) is 0 Å². The second-order valence-electron chi connectivity index (χ2n) is 6.08. The minimum absolute atomic E-state index is 0.0702. The Morgan fingerprint density at radius 1 is 1.48 bits per heavy atom. The van der Waals surface area contributed by atoms with E-state index >= 15 is 0 Å². The van der Waals surface area contributed by atoms with Crippen LogP contribution in [0.25, 0.3) is 0 Å². The molecule has 2 rings (SSSR count). The molecular weight excluding hydrogens is 294 g/mol. The van der Waals surface area contributed by atoms with Crippen LogP contribution >= 0.6 is 0 Å². The third-order valence-corrected chi connectivity index (χ3v) is 3.88. The molecule has 1 saturated heterocycles. The molecule has 1 aliphatic heterocycles. The molecule has 2 N–H and O–H groups in total. The maximum absolute atomic E-state index is 12.0. The van der Waals surface area contributed by atoms with Crippen molar-refractivity contribution in [2.75, 3.05) is 19.6 Å². The van der Waals surface area contributed by atoms with Crippen LogP contribution in [0.2, 0.25) is 0 Å². The fourth-order valence-corrected chi connectivity index (χ4v) is 2.60. The number of rotatable bonds is 5. The molecule has 0 radical (unpaired) electrons. The van der Waals surface area contributed by atoms with Gasteiger partial charge in [0.15, 0.2) is 5.96 Å². The summed E-state index contributed by atoms with van der Waals surface area (Å²) >= 11 is 0. The normalized spacial score (nSPS) is 16.7. The molecule has 1 aliphatic rings. The van der Waals surface area contributed by atoms with Crippen molar-refractivity contribution in [2.24, 2.45) is 10.9 Å². The third-order valence-electron chi connectivity index (χ3n) is 3.88. The highest BCUT2D eigenvalue weighted by molar-refractivity contribution is 5.80. The van der Waals surface area contributed by atoms with Crippen molar-refractivity contribution in [1.82, 2.24) is 20.7 Å². The topological polar surface area (TPSA) is 82.8 Å². The van der Waals surface area contributed by atoms with Crippen LogP contribution in [0.15, 0.2) is 21.8 Å². The van der Waals surface area contributed by atoms with Crippen LogP contribution in [0.1, 0.15) is 39.3 Å². The van der Waals surface area contributed by atoms with E-state index < -0.39 is 0 Å². The number of likely N-dealkylation sites (tertiary alicyclic amines) is 1. The van der Waals surface area contributed by atoms with E-state index in [0.29, 0.717) is 12.6 Å². The molecule has 1 fully saturated rings. The van der Waals surface area contributed by atoms with Crippen molar-refractivity contribution in [2.45, 2.75) is 46.2 Å². The van der Waals surface area contributed by atoms with Gasteiger partial charge in [0.1, 0.15) is 12.0 Å². The largest absolute Gasteiger partial charge is 0.364 e. The van der Waals surface area contributed by atoms with E-state index in [4.69, 9.17) is 4.52 Å². The molecule has 7 nitrogen and oxygen atoms in total. The third kappa shape index (κ3) is 5.26. The molecule has 2 heterocycles. The molecule has 7 heteroatoms. The number of guanidine groups is 1. The fraction of sp³-hybridized carbons (Fsp3) is 0.688. The molecule has 0 saturated carbocycles. The highest BCUT2D eigenvalue weighted by Gasteiger charge is 2.24. The van der Waals surface area contributed by atoms with Gasteiger partial charge in [-0.1, -0.05) is 19.0 Å². The number of nitrogens with zero attached hydrogens (tertiary/aromatic N) is 3. The molecule has 0 atom stereocenters. The summed E-state index contributed by atoms with van der Waals surface area (Å²) in [5.74, 6) is 1.10. The number of hydrogen-bond acceptors (Lipinski definition) is 4. The van der Waals surface area contributed by atoms with Crippen LogP contribution in [0.5, 0.6) is 0 Å². The summed E-state index contributed by atoms with van der Waals surface area (Å²) < 4.78 is 4.81. The summed E-state index contributed by atoms with van der Waals surface area (Å²) in [4.78, 5) is 18.5. The molecule has 0 unspecified atom stereocenters. The maximum Gasteiger partial charge on any atom is 0.225 e. The Labute approximate surface area is 137 Å². The molecule has 1 aromatic heterocycles. The molecule has 0 aliphatic carbocycles. The number of aliphatic imine (C=N–C) groups is 1. The van der Waals surface area contributed by atoms with Crippen LogP contribution in [0.4, 0.5) is 0 Å². The summed E-state index contributed by atoms with van der Waals surface area (Å²) in [5, 5.41) is 10.6. The summed E-state index contributed by atoms with van der Waals surface area (Å²) in [6, 6.07) is 2.14. The minimum atomic E-state index is 0.0702. The molecule has 128 valence electrons. The van der Waals surface area contributed by atoms with E-state index in [2.05, 4.69) is 20.8 Å². The van der Waals surface area contributed by atoms with Gasteiger partial charge < -0.3 is 20.1 Å². The number of piperidine rings is 1. The minimum Gasteiger partial charge on any atom is -0.364 e. The SMILES string of the molecule is CCNC(=NCc1ccon1)NC1CCN(C(=O)C(C)C)CC1. The average Bonchev–Trinajstić information content (AvgIpc) is 3.06. The molecule has 1 aromatic rings. The first-order chi connectivity index (χ1) is 11.1. The summed E-state index contributed by atoms with van der Waals surface area (Å²) in [6.45, 7) is 8.83. The van der Waals surface area contributed by atoms with E-state index in [0.717, 1.165) is 44.1 Å². The molecule has 0 bridgehead atoms. The molecule has 23 heavy (non-hydrogen) atoms. The predicted molar refractivity (Wildman–Crippen MR) is 88.9 cm³/mol. The molecule has 1 amide bonds. The van der Waals surface area contributed by atoms with Gasteiger partial charge in [-0.15, -0.1) is 0 Å². The van der Waals surface area contributed by atoms with Gasteiger partial charge in [-0.25, -0.2) is 4.99 Å². The quantitative estimate of drug-likeness (QED) is 0.632. The number of carbonyl (C=O) groups excluding carboxylic acids is 1. The van der Waals surface area contributed by atoms with Crippen LogP contribution < -0.4 is 10.6 Å². The number of hydrogen-bond donors (Lipinski definition) is 2. The number of nitrogens with one attached hydrogen (secondary N) is 2. The zero-order chi connectivity index (χ0) is 16.7. The summed E-state index contributed by atoms with van der Waals surface area (Å²) in [7, 11) is 0. The molecule has 0 spiro atoms. The maximum atomic E-state index is 12.0. The fourth-order valence-electron chi connectivity index (χ4n) is 2.60. The van der Waals surface area contributed by atoms with E-state index in [1.165, 1.54) is 0 Å². The Morgan fingerprint density at radius 3 is 2.78 bits per heavy atom. The van der Waals surface area contributed by atoms with Gasteiger partial charge >= 0.3 is 0 Å². The lowest BCUT2D eigenvalue weighted by Gasteiger charge is -2.34. The van der Waals surface area contributed by atoms with Crippen LogP contribution in [-0.2, 0) is 11.3 Å². The second-order valence-corrected chi connectivity index (χ2v) is 6.08. The Bertz CT molecular complexity index is 505. The van der Waals surface area contributed by atoms with Gasteiger partial charge in [-0.05, 0) is 19.8 Å². The highest BCUT2D eigenvalue weighted by Crippen LogP contribution is 2.13. The molecular formula is C16H27N5O2. The van der Waals surface area contributed by atoms with Crippen LogP contribution in [0, 0.1) is 5.92 Å². The predicted octanol–water partition coefficient (Wildman–Crippen LogP) is 1.38. The van der Waals surface area contributed by atoms with E-state index in [-0.39, 0.29) is 11.8 Å². The lowest BCUT2D eigenvalue weighted by Crippen LogP contribution is -2.50. The van der Waals surface area contributed by atoms with Gasteiger partial charge in [-0.3, -0.25) is 4.79 Å². The summed E-state index contributed by atoms with van der Waals surface area (Å²) in [5.41, 5.74) is 0.805. The average molecular weight is 321 g/mol. The summed E-state index contributed by atoms with van der Waals surface area (Å²) in [6.07, 6.45) is 3.42. The van der Waals surface area contributed by atoms with Crippen molar-refractivity contribution in [3.8, 4) is 0 Å². The van der Waals surface area contributed by atoms with E-state index in [1.54, 1.807) is 6.26 Å². The van der Waals surface area contributed by atoms with Gasteiger partial charge in [-0.2, -0.15) is 0 Å². The van der Waals surface area contributed by atoms with Crippen molar-refractivity contribution >= 4 is 11.9 Å². The number of carbonyl (C=O) groups is 1. The van der Waals surface area contributed by atoms with Crippen molar-refractivity contribution < 1.29 is 9.32 Å². The van der Waals surface area contributed by atoms with Crippen molar-refractivity contribution in [1.29, 1.82) is 0 Å². The van der Waals surface area contributed by atoms with Gasteiger partial charge in [0, 0.05) is 37.7 Å². The Morgan fingerprint density at radius 2 is 2.22 bits per heavy atom. The highest BCUT2D eigenvalue weighted by atomic mass is 16.5.